The Morgan fingerprint density at radius 3 is 1.31 bits per heavy atom. The number of hydrogen-bond acceptors (Lipinski definition) is 7. The van der Waals surface area contributed by atoms with Gasteiger partial charge in [-0.15, -0.1) is 0 Å². The number of rotatable bonds is 7. The SMILES string of the molecule is COc1c(I)c(OS(=O)(=O)c2ccc(C)cc2)cc(OS(=O)(=O)c2ccc(C)cc2)c1I. The molecule has 0 bridgehead atoms. The zero-order chi connectivity index (χ0) is 23.7. The summed E-state index contributed by atoms with van der Waals surface area (Å²) in [5.74, 6) is 0.00649. The van der Waals surface area contributed by atoms with Crippen molar-refractivity contribution in [3.63, 3.8) is 0 Å². The molecule has 0 amide bonds. The third kappa shape index (κ3) is 5.48. The second-order valence-electron chi connectivity index (χ2n) is 6.74. The number of ether oxygens (including phenoxy) is 1. The highest BCUT2D eigenvalue weighted by Crippen LogP contribution is 2.42. The smallest absolute Gasteiger partial charge is 0.339 e. The molecule has 0 atom stereocenters. The second-order valence-corrected chi connectivity index (χ2v) is 12.0. The van der Waals surface area contributed by atoms with Crippen LogP contribution in [0.2, 0.25) is 0 Å². The molecule has 0 saturated carbocycles. The van der Waals surface area contributed by atoms with Gasteiger partial charge in [0.05, 0.1) is 7.11 Å². The van der Waals surface area contributed by atoms with Crippen LogP contribution in [0.25, 0.3) is 0 Å². The van der Waals surface area contributed by atoms with Gasteiger partial charge in [-0.25, -0.2) is 0 Å². The molecule has 0 saturated heterocycles. The highest BCUT2D eigenvalue weighted by Gasteiger charge is 2.26. The Balaban J connectivity index is 2.04. The normalized spacial score (nSPS) is 11.8. The monoisotopic (exact) mass is 700 g/mol. The fourth-order valence-corrected chi connectivity index (χ4v) is 6.80. The Hall–Kier alpha value is -1.58. The maximum atomic E-state index is 12.8. The molecule has 3 rings (SSSR count). The molecule has 11 heteroatoms. The van der Waals surface area contributed by atoms with E-state index in [1.54, 1.807) is 24.3 Å². The van der Waals surface area contributed by atoms with Crippen LogP contribution in [0.3, 0.4) is 0 Å². The van der Waals surface area contributed by atoms with Gasteiger partial charge in [0, 0.05) is 6.07 Å². The van der Waals surface area contributed by atoms with Gasteiger partial charge in [-0.2, -0.15) is 16.8 Å². The van der Waals surface area contributed by atoms with Crippen LogP contribution in [0, 0.1) is 21.0 Å². The lowest BCUT2D eigenvalue weighted by molar-refractivity contribution is 0.400. The van der Waals surface area contributed by atoms with Crippen molar-refractivity contribution >= 4 is 65.4 Å². The largest absolute Gasteiger partial charge is 0.494 e. The van der Waals surface area contributed by atoms with Crippen LogP contribution in [-0.2, 0) is 20.2 Å². The predicted octanol–water partition coefficient (Wildman–Crippen LogP) is 5.06. The van der Waals surface area contributed by atoms with E-state index in [4.69, 9.17) is 13.1 Å². The highest BCUT2D eigenvalue weighted by molar-refractivity contribution is 14.1. The first kappa shape index (κ1) is 25.1. The lowest BCUT2D eigenvalue weighted by atomic mass is 10.2. The van der Waals surface area contributed by atoms with E-state index in [1.807, 2.05) is 59.0 Å². The summed E-state index contributed by atoms with van der Waals surface area (Å²) in [4.78, 5) is -0.0719. The van der Waals surface area contributed by atoms with Crippen molar-refractivity contribution in [2.75, 3.05) is 7.11 Å². The van der Waals surface area contributed by atoms with Crippen molar-refractivity contribution in [2.45, 2.75) is 23.6 Å². The molecular weight excluding hydrogens is 682 g/mol. The maximum Gasteiger partial charge on any atom is 0.339 e. The summed E-state index contributed by atoms with van der Waals surface area (Å²) in [6, 6.07) is 13.6. The van der Waals surface area contributed by atoms with Crippen molar-refractivity contribution in [1.29, 1.82) is 0 Å². The first-order valence-corrected chi connectivity index (χ1v) is 14.0. The minimum Gasteiger partial charge on any atom is -0.494 e. The molecule has 0 N–H and O–H groups in total. The van der Waals surface area contributed by atoms with Crippen LogP contribution in [0.1, 0.15) is 11.1 Å². The fraction of sp³-hybridized carbons (Fsp3) is 0.143. The molecule has 0 aromatic heterocycles. The average molecular weight is 700 g/mol. The molecular formula is C21H18I2O7S2. The predicted molar refractivity (Wildman–Crippen MR) is 136 cm³/mol. The topological polar surface area (TPSA) is 96.0 Å². The Kier molecular flexibility index (Phi) is 7.62. The van der Waals surface area contributed by atoms with Gasteiger partial charge in [-0.05, 0) is 83.3 Å². The first-order chi connectivity index (χ1) is 14.9. The van der Waals surface area contributed by atoms with Crippen LogP contribution in [0.15, 0.2) is 64.4 Å². The van der Waals surface area contributed by atoms with Gasteiger partial charge in [-0.3, -0.25) is 0 Å². The van der Waals surface area contributed by atoms with Crippen molar-refractivity contribution in [3.05, 3.63) is 72.9 Å². The number of halogens is 2. The summed E-state index contributed by atoms with van der Waals surface area (Å²) in [5, 5.41) is 0. The maximum absolute atomic E-state index is 12.8. The summed E-state index contributed by atoms with van der Waals surface area (Å²) in [7, 11) is -6.97. The summed E-state index contributed by atoms with van der Waals surface area (Å²) < 4.78 is 67.8. The molecule has 0 unspecified atom stereocenters. The molecule has 0 spiro atoms. The summed E-state index contributed by atoms with van der Waals surface area (Å²) in [6.45, 7) is 3.67. The van der Waals surface area contributed by atoms with E-state index in [1.165, 1.54) is 37.4 Å². The zero-order valence-electron chi connectivity index (χ0n) is 17.1. The van der Waals surface area contributed by atoms with Crippen LogP contribution >= 0.6 is 45.2 Å². The second kappa shape index (κ2) is 9.73. The fourth-order valence-electron chi connectivity index (χ4n) is 2.61. The number of aryl methyl sites for hydroxylation is 2. The lowest BCUT2D eigenvalue weighted by Gasteiger charge is -2.16. The minimum absolute atomic E-state index is 0.0360. The van der Waals surface area contributed by atoms with Crippen LogP contribution < -0.4 is 13.1 Å². The van der Waals surface area contributed by atoms with E-state index >= 15 is 0 Å². The molecule has 0 aliphatic carbocycles. The molecule has 32 heavy (non-hydrogen) atoms. The van der Waals surface area contributed by atoms with Crippen molar-refractivity contribution in [1.82, 2.24) is 0 Å². The van der Waals surface area contributed by atoms with Gasteiger partial charge in [0.25, 0.3) is 0 Å². The number of hydrogen-bond donors (Lipinski definition) is 0. The molecule has 3 aromatic carbocycles. The van der Waals surface area contributed by atoms with Gasteiger partial charge < -0.3 is 13.1 Å². The van der Waals surface area contributed by atoms with Crippen LogP contribution in [0.4, 0.5) is 0 Å². The van der Waals surface area contributed by atoms with Gasteiger partial charge in [0.15, 0.2) is 17.2 Å². The van der Waals surface area contributed by atoms with E-state index in [0.717, 1.165) is 11.1 Å². The van der Waals surface area contributed by atoms with E-state index < -0.39 is 20.2 Å². The van der Waals surface area contributed by atoms with Crippen molar-refractivity contribution in [2.24, 2.45) is 0 Å². The Bertz CT molecular complexity index is 1250. The van der Waals surface area contributed by atoms with Crippen molar-refractivity contribution in [3.8, 4) is 17.2 Å². The summed E-state index contributed by atoms with van der Waals surface area (Å²) in [6.07, 6.45) is 0. The standard InChI is InChI=1S/C21H18I2O7S2/c1-13-4-8-15(9-5-13)31(24,25)29-17-12-18(20(23)21(28-3)19(17)22)30-32(26,27)16-10-6-14(2)7-11-16/h4-12H,1-3H3. The summed E-state index contributed by atoms with van der Waals surface area (Å²) in [5.41, 5.74) is 1.79. The van der Waals surface area contributed by atoms with Gasteiger partial charge in [0.1, 0.15) is 16.9 Å². The van der Waals surface area contributed by atoms with E-state index in [9.17, 15) is 16.8 Å². The summed E-state index contributed by atoms with van der Waals surface area (Å²) >= 11 is 3.75. The molecule has 3 aromatic rings. The van der Waals surface area contributed by atoms with Crippen LogP contribution in [0.5, 0.6) is 17.2 Å². The third-order valence-corrected chi connectivity index (χ3v) is 8.86. The molecule has 0 fully saturated rings. The zero-order valence-corrected chi connectivity index (χ0v) is 23.1. The minimum atomic E-state index is -4.18. The molecule has 0 heterocycles. The molecule has 170 valence electrons. The van der Waals surface area contributed by atoms with E-state index in [-0.39, 0.29) is 27.0 Å². The van der Waals surface area contributed by atoms with Gasteiger partial charge >= 0.3 is 20.2 Å². The Morgan fingerprint density at radius 2 is 1.00 bits per heavy atom. The van der Waals surface area contributed by atoms with E-state index in [0.29, 0.717) is 7.14 Å². The molecule has 7 nitrogen and oxygen atoms in total. The highest BCUT2D eigenvalue weighted by atomic mass is 127. The van der Waals surface area contributed by atoms with Gasteiger partial charge in [0.2, 0.25) is 0 Å². The van der Waals surface area contributed by atoms with Crippen LogP contribution in [-0.4, -0.2) is 23.9 Å². The molecule has 0 aliphatic rings. The third-order valence-electron chi connectivity index (χ3n) is 4.32. The number of benzene rings is 3. The van der Waals surface area contributed by atoms with E-state index in [2.05, 4.69) is 0 Å². The van der Waals surface area contributed by atoms with Gasteiger partial charge in [-0.1, -0.05) is 35.4 Å². The quantitative estimate of drug-likeness (QED) is 0.252. The number of methoxy groups -OCH3 is 1. The van der Waals surface area contributed by atoms with Crippen molar-refractivity contribution < 1.29 is 29.9 Å². The molecule has 0 radical (unpaired) electrons. The average Bonchev–Trinajstić information content (AvgIpc) is 2.72. The Labute approximate surface area is 214 Å². The Morgan fingerprint density at radius 1 is 0.656 bits per heavy atom. The first-order valence-electron chi connectivity index (χ1n) is 9.03. The lowest BCUT2D eigenvalue weighted by Crippen LogP contribution is -2.13. The molecule has 0 aliphatic heterocycles.